The Morgan fingerprint density at radius 3 is 1.97 bits per heavy atom. The number of urea groups is 1. The molecule has 0 atom stereocenters. The first kappa shape index (κ1) is 20.7. The van der Waals surface area contributed by atoms with E-state index in [1.54, 1.807) is 0 Å². The molecule has 3 aromatic rings. The van der Waals surface area contributed by atoms with Crippen LogP contribution in [0.2, 0.25) is 0 Å². The Bertz CT molecular complexity index is 902. The van der Waals surface area contributed by atoms with Gasteiger partial charge in [0.2, 0.25) is 0 Å². The van der Waals surface area contributed by atoms with Crippen molar-refractivity contribution in [1.82, 2.24) is 4.90 Å². The zero-order chi connectivity index (χ0) is 20.6. The van der Waals surface area contributed by atoms with Crippen molar-refractivity contribution in [2.45, 2.75) is 40.2 Å². The lowest BCUT2D eigenvalue weighted by molar-refractivity contribution is 0.203. The number of amides is 2. The number of hydrogen-bond donors (Lipinski definition) is 0. The molecule has 0 bridgehead atoms. The molecule has 0 saturated heterocycles. The summed E-state index contributed by atoms with van der Waals surface area (Å²) in [6, 6.07) is 26.5. The molecule has 2 amide bonds. The van der Waals surface area contributed by atoms with Crippen molar-refractivity contribution in [2.75, 3.05) is 11.4 Å². The molecular weight excluding hydrogens is 356 g/mol. The molecule has 29 heavy (non-hydrogen) atoms. The van der Waals surface area contributed by atoms with E-state index in [1.165, 1.54) is 0 Å². The second-order valence-electron chi connectivity index (χ2n) is 7.56. The molecule has 3 heteroatoms. The zero-order valence-electron chi connectivity index (χ0n) is 17.6. The fourth-order valence-electron chi connectivity index (χ4n) is 3.56. The van der Waals surface area contributed by atoms with E-state index in [0.29, 0.717) is 6.54 Å². The van der Waals surface area contributed by atoms with Gasteiger partial charge in [-0.15, -0.1) is 0 Å². The fraction of sp³-hybridized carbons (Fsp3) is 0.269. The van der Waals surface area contributed by atoms with Crippen LogP contribution < -0.4 is 4.90 Å². The third-order valence-electron chi connectivity index (χ3n) is 4.94. The number of carbonyl (C=O) groups is 1. The van der Waals surface area contributed by atoms with Gasteiger partial charge in [0.25, 0.3) is 0 Å². The van der Waals surface area contributed by atoms with Crippen LogP contribution >= 0.6 is 0 Å². The van der Waals surface area contributed by atoms with Crippen LogP contribution in [0.15, 0.2) is 78.9 Å². The predicted molar refractivity (Wildman–Crippen MR) is 122 cm³/mol. The van der Waals surface area contributed by atoms with Crippen molar-refractivity contribution >= 4 is 17.4 Å². The summed E-state index contributed by atoms with van der Waals surface area (Å²) in [5.41, 5.74) is 5.24. The van der Waals surface area contributed by atoms with Gasteiger partial charge in [-0.2, -0.15) is 0 Å². The van der Waals surface area contributed by atoms with E-state index in [0.717, 1.165) is 47.5 Å². The van der Waals surface area contributed by atoms with Crippen LogP contribution in [0.1, 0.15) is 36.5 Å². The summed E-state index contributed by atoms with van der Waals surface area (Å²) in [5, 5.41) is 0. The molecular formula is C26H30N2O. The molecule has 0 unspecified atom stereocenters. The van der Waals surface area contributed by atoms with Crippen LogP contribution in [0.25, 0.3) is 0 Å². The van der Waals surface area contributed by atoms with Crippen LogP contribution in [0, 0.1) is 13.8 Å². The standard InChI is InChI=1S/C26H30N2O/c1-4-5-16-27(20-23-12-8-6-9-13-23)26(29)28(24-14-10-7-11-15-24)25-18-21(2)17-22(3)19-25/h6-15,17-19H,4-5,16,20H2,1-3H3. The van der Waals surface area contributed by atoms with Gasteiger partial charge in [0.05, 0.1) is 11.4 Å². The predicted octanol–water partition coefficient (Wildman–Crippen LogP) is 6.86. The van der Waals surface area contributed by atoms with Crippen LogP contribution in [0.4, 0.5) is 16.2 Å². The van der Waals surface area contributed by atoms with Gasteiger partial charge in [-0.05, 0) is 61.2 Å². The summed E-state index contributed by atoms with van der Waals surface area (Å²) in [7, 11) is 0. The molecule has 0 fully saturated rings. The molecule has 150 valence electrons. The molecule has 3 aromatic carbocycles. The van der Waals surface area contributed by atoms with Gasteiger partial charge in [0.1, 0.15) is 0 Å². The minimum atomic E-state index is 0.0125. The highest BCUT2D eigenvalue weighted by Gasteiger charge is 2.24. The summed E-state index contributed by atoms with van der Waals surface area (Å²) in [6.45, 7) is 7.64. The van der Waals surface area contributed by atoms with Crippen molar-refractivity contribution in [3.63, 3.8) is 0 Å². The first-order chi connectivity index (χ1) is 14.1. The maximum absolute atomic E-state index is 13.8. The van der Waals surface area contributed by atoms with E-state index >= 15 is 0 Å². The molecule has 0 N–H and O–H groups in total. The summed E-state index contributed by atoms with van der Waals surface area (Å²) in [4.78, 5) is 17.6. The highest BCUT2D eigenvalue weighted by molar-refractivity contribution is 5.99. The summed E-state index contributed by atoms with van der Waals surface area (Å²) in [5.74, 6) is 0. The average molecular weight is 387 g/mol. The third kappa shape index (κ3) is 5.47. The molecule has 3 rings (SSSR count). The Morgan fingerprint density at radius 2 is 1.38 bits per heavy atom. The normalized spacial score (nSPS) is 10.6. The van der Waals surface area contributed by atoms with Crippen molar-refractivity contribution < 1.29 is 4.79 Å². The van der Waals surface area contributed by atoms with Crippen LogP contribution in [-0.2, 0) is 6.54 Å². The Kier molecular flexibility index (Phi) is 7.07. The van der Waals surface area contributed by atoms with Crippen LogP contribution in [0.3, 0.4) is 0 Å². The zero-order valence-corrected chi connectivity index (χ0v) is 17.6. The maximum atomic E-state index is 13.8. The molecule has 0 spiro atoms. The van der Waals surface area contributed by atoms with Gasteiger partial charge in [0.15, 0.2) is 0 Å². The Labute approximate surface area is 174 Å². The number of rotatable bonds is 7. The number of unbranched alkanes of at least 4 members (excludes halogenated alkanes) is 1. The highest BCUT2D eigenvalue weighted by atomic mass is 16.2. The molecule has 0 radical (unpaired) electrons. The Morgan fingerprint density at radius 1 is 0.793 bits per heavy atom. The molecule has 0 aliphatic rings. The van der Waals surface area contributed by atoms with Crippen LogP contribution in [0.5, 0.6) is 0 Å². The topological polar surface area (TPSA) is 23.6 Å². The van der Waals surface area contributed by atoms with Crippen LogP contribution in [-0.4, -0.2) is 17.5 Å². The number of para-hydroxylation sites is 1. The molecule has 0 heterocycles. The summed E-state index contributed by atoms with van der Waals surface area (Å²) < 4.78 is 0. The lowest BCUT2D eigenvalue weighted by Crippen LogP contribution is -2.41. The monoisotopic (exact) mass is 386 g/mol. The quantitative estimate of drug-likeness (QED) is 0.435. The molecule has 3 nitrogen and oxygen atoms in total. The number of anilines is 2. The first-order valence-electron chi connectivity index (χ1n) is 10.3. The van der Waals surface area contributed by atoms with E-state index < -0.39 is 0 Å². The lowest BCUT2D eigenvalue weighted by Gasteiger charge is -2.31. The maximum Gasteiger partial charge on any atom is 0.329 e. The first-order valence-corrected chi connectivity index (χ1v) is 10.3. The van der Waals surface area contributed by atoms with Gasteiger partial charge in [0, 0.05) is 13.1 Å². The second kappa shape index (κ2) is 9.92. The SMILES string of the molecule is CCCCN(Cc1ccccc1)C(=O)N(c1ccccc1)c1cc(C)cc(C)c1. The lowest BCUT2D eigenvalue weighted by atomic mass is 10.1. The van der Waals surface area contributed by atoms with E-state index in [9.17, 15) is 4.79 Å². The number of benzene rings is 3. The molecule has 0 aromatic heterocycles. The van der Waals surface area contributed by atoms with Gasteiger partial charge < -0.3 is 4.90 Å². The number of nitrogens with zero attached hydrogens (tertiary/aromatic N) is 2. The van der Waals surface area contributed by atoms with Crippen molar-refractivity contribution in [2.24, 2.45) is 0 Å². The molecule has 0 saturated carbocycles. The second-order valence-corrected chi connectivity index (χ2v) is 7.56. The average Bonchev–Trinajstić information content (AvgIpc) is 2.72. The van der Waals surface area contributed by atoms with E-state index in [4.69, 9.17) is 0 Å². The Hall–Kier alpha value is -3.07. The van der Waals surface area contributed by atoms with Gasteiger partial charge in [-0.1, -0.05) is 67.9 Å². The van der Waals surface area contributed by atoms with E-state index in [2.05, 4.69) is 51.1 Å². The third-order valence-corrected chi connectivity index (χ3v) is 4.94. The summed E-state index contributed by atoms with van der Waals surface area (Å²) in [6.07, 6.45) is 2.03. The summed E-state index contributed by atoms with van der Waals surface area (Å²) >= 11 is 0. The largest absolute Gasteiger partial charge is 0.329 e. The number of carbonyl (C=O) groups excluding carboxylic acids is 1. The minimum Gasteiger partial charge on any atom is -0.320 e. The number of hydrogen-bond acceptors (Lipinski definition) is 1. The molecule has 0 aliphatic heterocycles. The van der Waals surface area contributed by atoms with Gasteiger partial charge >= 0.3 is 6.03 Å². The number of aryl methyl sites for hydroxylation is 2. The fourth-order valence-corrected chi connectivity index (χ4v) is 3.56. The van der Waals surface area contributed by atoms with E-state index in [-0.39, 0.29) is 6.03 Å². The van der Waals surface area contributed by atoms with Crippen molar-refractivity contribution in [3.05, 3.63) is 95.6 Å². The van der Waals surface area contributed by atoms with Crippen molar-refractivity contribution in [3.8, 4) is 0 Å². The van der Waals surface area contributed by atoms with Crippen molar-refractivity contribution in [1.29, 1.82) is 0 Å². The van der Waals surface area contributed by atoms with E-state index in [1.807, 2.05) is 58.3 Å². The minimum absolute atomic E-state index is 0.0125. The smallest absolute Gasteiger partial charge is 0.320 e. The highest BCUT2D eigenvalue weighted by Crippen LogP contribution is 2.29. The van der Waals surface area contributed by atoms with Gasteiger partial charge in [-0.25, -0.2) is 4.79 Å². The van der Waals surface area contributed by atoms with Gasteiger partial charge in [-0.3, -0.25) is 4.90 Å². The Balaban J connectivity index is 2.00. The molecule has 0 aliphatic carbocycles.